The van der Waals surface area contributed by atoms with Gasteiger partial charge in [-0.1, -0.05) is 60.7 Å². The Hall–Kier alpha value is -2.13. The van der Waals surface area contributed by atoms with Crippen LogP contribution in [0.2, 0.25) is 0 Å². The van der Waals surface area contributed by atoms with Gasteiger partial charge in [0.2, 0.25) is 5.91 Å². The first-order chi connectivity index (χ1) is 13.2. The highest BCUT2D eigenvalue weighted by Crippen LogP contribution is 2.56. The zero-order valence-corrected chi connectivity index (χ0v) is 15.8. The van der Waals surface area contributed by atoms with Crippen molar-refractivity contribution in [1.82, 2.24) is 4.90 Å². The molecule has 140 valence electrons. The Labute approximate surface area is 161 Å². The minimum Gasteiger partial charge on any atom is -0.381 e. The third kappa shape index (κ3) is 2.80. The smallest absolute Gasteiger partial charge is 0.233 e. The Morgan fingerprint density at radius 1 is 0.889 bits per heavy atom. The molecule has 2 saturated heterocycles. The third-order valence-corrected chi connectivity index (χ3v) is 7.05. The van der Waals surface area contributed by atoms with Crippen LogP contribution in [-0.4, -0.2) is 37.1 Å². The van der Waals surface area contributed by atoms with Crippen LogP contribution in [0.5, 0.6) is 0 Å². The number of hydrogen-bond acceptors (Lipinski definition) is 2. The molecule has 1 amide bonds. The van der Waals surface area contributed by atoms with Gasteiger partial charge >= 0.3 is 0 Å². The Bertz CT molecular complexity index is 797. The van der Waals surface area contributed by atoms with E-state index in [9.17, 15) is 4.79 Å². The summed E-state index contributed by atoms with van der Waals surface area (Å²) in [4.78, 5) is 15.7. The van der Waals surface area contributed by atoms with Crippen molar-refractivity contribution >= 4 is 5.91 Å². The van der Waals surface area contributed by atoms with Crippen LogP contribution in [0.15, 0.2) is 60.7 Å². The summed E-state index contributed by atoms with van der Waals surface area (Å²) in [6.07, 6.45) is 4.04. The first-order valence-electron chi connectivity index (χ1n) is 10.2. The molecular weight excluding hydrogens is 334 g/mol. The number of carbonyl (C=O) groups is 1. The summed E-state index contributed by atoms with van der Waals surface area (Å²) < 4.78 is 5.59. The lowest BCUT2D eigenvalue weighted by molar-refractivity contribution is -0.161. The molecule has 1 aliphatic carbocycles. The van der Waals surface area contributed by atoms with Crippen LogP contribution in [0.3, 0.4) is 0 Å². The SMILES string of the molecule is O=C(N1CC2(CC(c3ccccc3)C2)C1)C1(c2ccccc2)CCOCC1. The lowest BCUT2D eigenvalue weighted by Crippen LogP contribution is -2.66. The maximum absolute atomic E-state index is 13.6. The molecule has 0 radical (unpaired) electrons. The Kier molecular flexibility index (Phi) is 4.08. The predicted octanol–water partition coefficient (Wildman–Crippen LogP) is 4.14. The van der Waals surface area contributed by atoms with E-state index in [2.05, 4.69) is 47.4 Å². The summed E-state index contributed by atoms with van der Waals surface area (Å²) in [5, 5.41) is 0. The van der Waals surface area contributed by atoms with Crippen LogP contribution in [0.1, 0.15) is 42.7 Å². The lowest BCUT2D eigenvalue weighted by Gasteiger charge is -2.60. The van der Waals surface area contributed by atoms with Gasteiger partial charge < -0.3 is 9.64 Å². The van der Waals surface area contributed by atoms with E-state index in [1.54, 1.807) is 0 Å². The molecule has 5 rings (SSSR count). The fourth-order valence-electron chi connectivity index (χ4n) is 5.52. The van der Waals surface area contributed by atoms with Crippen molar-refractivity contribution in [3.8, 4) is 0 Å². The second-order valence-corrected chi connectivity index (χ2v) is 8.74. The van der Waals surface area contributed by atoms with E-state index in [1.807, 2.05) is 18.2 Å². The van der Waals surface area contributed by atoms with Crippen molar-refractivity contribution < 1.29 is 9.53 Å². The summed E-state index contributed by atoms with van der Waals surface area (Å²) >= 11 is 0. The van der Waals surface area contributed by atoms with E-state index in [0.717, 1.165) is 31.5 Å². The number of likely N-dealkylation sites (tertiary alicyclic amines) is 1. The molecular formula is C24H27NO2. The van der Waals surface area contributed by atoms with Crippen molar-refractivity contribution in [3.63, 3.8) is 0 Å². The second-order valence-electron chi connectivity index (χ2n) is 8.74. The van der Waals surface area contributed by atoms with Crippen LogP contribution in [-0.2, 0) is 14.9 Å². The highest BCUT2D eigenvalue weighted by atomic mass is 16.5. The number of nitrogens with zero attached hydrogens (tertiary/aromatic N) is 1. The molecule has 2 aliphatic heterocycles. The number of carbonyl (C=O) groups excluding carboxylic acids is 1. The fraction of sp³-hybridized carbons (Fsp3) is 0.458. The van der Waals surface area contributed by atoms with Crippen LogP contribution in [0.4, 0.5) is 0 Å². The van der Waals surface area contributed by atoms with Gasteiger partial charge in [-0.2, -0.15) is 0 Å². The molecule has 0 atom stereocenters. The van der Waals surface area contributed by atoms with Gasteiger partial charge in [0.25, 0.3) is 0 Å². The minimum absolute atomic E-state index is 0.325. The predicted molar refractivity (Wildman–Crippen MR) is 106 cm³/mol. The topological polar surface area (TPSA) is 29.5 Å². The van der Waals surface area contributed by atoms with E-state index in [4.69, 9.17) is 4.74 Å². The number of benzene rings is 2. The van der Waals surface area contributed by atoms with E-state index < -0.39 is 0 Å². The Morgan fingerprint density at radius 3 is 2.11 bits per heavy atom. The molecule has 0 aromatic heterocycles. The first kappa shape index (κ1) is 17.0. The van der Waals surface area contributed by atoms with Crippen LogP contribution in [0.25, 0.3) is 0 Å². The number of ether oxygens (including phenoxy) is 1. The van der Waals surface area contributed by atoms with Gasteiger partial charge in [0, 0.05) is 31.7 Å². The molecule has 2 heterocycles. The van der Waals surface area contributed by atoms with E-state index in [0.29, 0.717) is 30.5 Å². The highest BCUT2D eigenvalue weighted by molar-refractivity contribution is 5.89. The van der Waals surface area contributed by atoms with E-state index in [-0.39, 0.29) is 5.41 Å². The van der Waals surface area contributed by atoms with Crippen molar-refractivity contribution in [2.75, 3.05) is 26.3 Å². The molecule has 1 saturated carbocycles. The molecule has 27 heavy (non-hydrogen) atoms. The summed E-state index contributed by atoms with van der Waals surface area (Å²) in [5.74, 6) is 1.00. The summed E-state index contributed by atoms with van der Waals surface area (Å²) in [6.45, 7) is 3.22. The summed E-state index contributed by atoms with van der Waals surface area (Å²) in [5.41, 5.74) is 2.61. The molecule has 1 spiro atoms. The summed E-state index contributed by atoms with van der Waals surface area (Å²) in [6, 6.07) is 21.2. The van der Waals surface area contributed by atoms with Crippen molar-refractivity contribution in [2.24, 2.45) is 5.41 Å². The van der Waals surface area contributed by atoms with Gasteiger partial charge in [-0.3, -0.25) is 4.79 Å². The van der Waals surface area contributed by atoms with E-state index >= 15 is 0 Å². The molecule has 3 heteroatoms. The fourth-order valence-corrected chi connectivity index (χ4v) is 5.52. The average molecular weight is 361 g/mol. The van der Waals surface area contributed by atoms with Crippen molar-refractivity contribution in [3.05, 3.63) is 71.8 Å². The van der Waals surface area contributed by atoms with Gasteiger partial charge in [-0.15, -0.1) is 0 Å². The quantitative estimate of drug-likeness (QED) is 0.822. The van der Waals surface area contributed by atoms with E-state index in [1.165, 1.54) is 18.4 Å². The third-order valence-electron chi connectivity index (χ3n) is 7.05. The Morgan fingerprint density at radius 2 is 1.48 bits per heavy atom. The molecule has 3 aliphatic rings. The van der Waals surface area contributed by atoms with Crippen LogP contribution in [0, 0.1) is 5.41 Å². The average Bonchev–Trinajstić information content (AvgIpc) is 2.68. The zero-order valence-electron chi connectivity index (χ0n) is 15.8. The molecule has 0 bridgehead atoms. The van der Waals surface area contributed by atoms with Crippen molar-refractivity contribution in [1.29, 1.82) is 0 Å². The lowest BCUT2D eigenvalue weighted by atomic mass is 9.55. The first-order valence-corrected chi connectivity index (χ1v) is 10.2. The zero-order chi connectivity index (χ0) is 18.3. The second kappa shape index (κ2) is 6.49. The van der Waals surface area contributed by atoms with Gasteiger partial charge in [-0.05, 0) is 42.7 Å². The maximum Gasteiger partial charge on any atom is 0.233 e. The van der Waals surface area contributed by atoms with Gasteiger partial charge in [0.05, 0.1) is 5.41 Å². The monoisotopic (exact) mass is 361 g/mol. The van der Waals surface area contributed by atoms with Gasteiger partial charge in [0.1, 0.15) is 0 Å². The molecule has 0 unspecified atom stereocenters. The normalized spacial score (nSPS) is 23.5. The van der Waals surface area contributed by atoms with Crippen LogP contribution >= 0.6 is 0 Å². The highest BCUT2D eigenvalue weighted by Gasteiger charge is 2.56. The standard InChI is InChI=1S/C24H27NO2/c26-22(24(11-13-27-14-12-24)21-9-5-2-6-10-21)25-17-23(18-25)15-20(16-23)19-7-3-1-4-8-19/h1-10,20H,11-18H2. The maximum atomic E-state index is 13.6. The summed E-state index contributed by atoms with van der Waals surface area (Å²) in [7, 11) is 0. The van der Waals surface area contributed by atoms with Crippen molar-refractivity contribution in [2.45, 2.75) is 37.0 Å². The molecule has 2 aromatic carbocycles. The Balaban J connectivity index is 1.28. The number of rotatable bonds is 3. The molecule has 0 N–H and O–H groups in total. The number of hydrogen-bond donors (Lipinski definition) is 0. The van der Waals surface area contributed by atoms with Crippen LogP contribution < -0.4 is 0 Å². The largest absolute Gasteiger partial charge is 0.381 e. The number of amides is 1. The minimum atomic E-state index is -0.385. The van der Waals surface area contributed by atoms with Gasteiger partial charge in [0.15, 0.2) is 0 Å². The molecule has 2 aromatic rings. The molecule has 3 fully saturated rings. The molecule has 3 nitrogen and oxygen atoms in total. The van der Waals surface area contributed by atoms with Gasteiger partial charge in [-0.25, -0.2) is 0 Å².